The number of nitrogens with zero attached hydrogens (tertiary/aromatic N) is 1. The van der Waals surface area contributed by atoms with Crippen molar-refractivity contribution in [3.05, 3.63) is 30.0 Å². The Morgan fingerprint density at radius 2 is 2.28 bits per heavy atom. The van der Waals surface area contributed by atoms with Gasteiger partial charge in [-0.05, 0) is 31.4 Å². The molecule has 2 N–H and O–H groups in total. The van der Waals surface area contributed by atoms with Gasteiger partial charge in [0, 0.05) is 11.4 Å². The molecule has 1 atom stereocenters. The van der Waals surface area contributed by atoms with Crippen molar-refractivity contribution >= 4 is 28.6 Å². The van der Waals surface area contributed by atoms with Crippen molar-refractivity contribution in [1.82, 2.24) is 15.5 Å². The first kappa shape index (κ1) is 13.0. The van der Waals surface area contributed by atoms with E-state index in [0.717, 1.165) is 23.1 Å². The minimum atomic E-state index is -0.110. The normalized spacial score (nSPS) is 12.6. The van der Waals surface area contributed by atoms with E-state index in [9.17, 15) is 4.79 Å². The molecule has 2 aromatic rings. The molecule has 0 radical (unpaired) electrons. The predicted molar refractivity (Wildman–Crippen MR) is 76.0 cm³/mol. The number of hydrogen-bond donors (Lipinski definition) is 2. The number of para-hydroxylation sites is 1. The minimum Gasteiger partial charge on any atom is -0.348 e. The van der Waals surface area contributed by atoms with E-state index >= 15 is 0 Å². The van der Waals surface area contributed by atoms with E-state index in [1.54, 1.807) is 11.8 Å². The molecule has 1 heterocycles. The van der Waals surface area contributed by atoms with E-state index in [1.165, 1.54) is 0 Å². The van der Waals surface area contributed by atoms with Crippen LogP contribution in [0.25, 0.3) is 10.9 Å². The fourth-order valence-electron chi connectivity index (χ4n) is 1.80. The van der Waals surface area contributed by atoms with Crippen LogP contribution in [-0.2, 0) is 0 Å². The van der Waals surface area contributed by atoms with Crippen molar-refractivity contribution in [2.75, 3.05) is 12.0 Å². The molecule has 1 aromatic carbocycles. The van der Waals surface area contributed by atoms with Crippen LogP contribution in [0.5, 0.6) is 0 Å². The number of carbonyl (C=O) groups is 1. The smallest absolute Gasteiger partial charge is 0.272 e. The zero-order chi connectivity index (χ0) is 13.0. The first-order chi connectivity index (χ1) is 8.72. The Morgan fingerprint density at radius 3 is 3.06 bits per heavy atom. The molecule has 0 aliphatic rings. The van der Waals surface area contributed by atoms with Gasteiger partial charge in [-0.15, -0.1) is 0 Å². The van der Waals surface area contributed by atoms with Crippen LogP contribution >= 0.6 is 11.8 Å². The molecule has 0 spiro atoms. The van der Waals surface area contributed by atoms with Gasteiger partial charge in [0.1, 0.15) is 0 Å². The zero-order valence-electron chi connectivity index (χ0n) is 10.6. The summed E-state index contributed by atoms with van der Waals surface area (Å²) in [7, 11) is 0. The maximum Gasteiger partial charge on any atom is 0.272 e. The van der Waals surface area contributed by atoms with Crippen LogP contribution in [0.15, 0.2) is 24.3 Å². The third-order valence-electron chi connectivity index (χ3n) is 2.82. The van der Waals surface area contributed by atoms with Crippen LogP contribution in [0.2, 0.25) is 0 Å². The first-order valence-corrected chi connectivity index (χ1v) is 7.34. The van der Waals surface area contributed by atoms with Crippen molar-refractivity contribution in [1.29, 1.82) is 0 Å². The SMILES string of the molecule is CSCCC(C)NC(=O)c1n[nH]c2ccccc12. The molecular weight excluding hydrogens is 246 g/mol. The van der Waals surface area contributed by atoms with Gasteiger partial charge in [0.25, 0.3) is 5.91 Å². The molecule has 4 nitrogen and oxygen atoms in total. The fraction of sp³-hybridized carbons (Fsp3) is 0.385. The number of hydrogen-bond acceptors (Lipinski definition) is 3. The van der Waals surface area contributed by atoms with Gasteiger partial charge in [-0.1, -0.05) is 18.2 Å². The van der Waals surface area contributed by atoms with E-state index in [-0.39, 0.29) is 11.9 Å². The molecule has 1 unspecified atom stereocenters. The molecule has 96 valence electrons. The number of aromatic amines is 1. The fourth-order valence-corrected chi connectivity index (χ4v) is 2.38. The Kier molecular flexibility index (Phi) is 4.25. The lowest BCUT2D eigenvalue weighted by atomic mass is 10.2. The zero-order valence-corrected chi connectivity index (χ0v) is 11.4. The van der Waals surface area contributed by atoms with Crippen LogP contribution in [0.4, 0.5) is 0 Å². The highest BCUT2D eigenvalue weighted by Gasteiger charge is 2.15. The number of nitrogens with one attached hydrogen (secondary N) is 2. The van der Waals surface area contributed by atoms with E-state index in [0.29, 0.717) is 5.69 Å². The molecule has 0 aliphatic heterocycles. The number of fused-ring (bicyclic) bond motifs is 1. The van der Waals surface area contributed by atoms with Gasteiger partial charge in [0.15, 0.2) is 5.69 Å². The number of rotatable bonds is 5. The summed E-state index contributed by atoms with van der Waals surface area (Å²) in [5, 5.41) is 10.8. The van der Waals surface area contributed by atoms with Gasteiger partial charge >= 0.3 is 0 Å². The molecule has 1 amide bonds. The van der Waals surface area contributed by atoms with Crippen molar-refractivity contribution in [2.45, 2.75) is 19.4 Å². The van der Waals surface area contributed by atoms with Crippen LogP contribution in [0, 0.1) is 0 Å². The Bertz CT molecular complexity index is 538. The summed E-state index contributed by atoms with van der Waals surface area (Å²) in [5.41, 5.74) is 1.36. The van der Waals surface area contributed by atoms with Crippen LogP contribution in [0.3, 0.4) is 0 Å². The van der Waals surface area contributed by atoms with Crippen molar-refractivity contribution in [2.24, 2.45) is 0 Å². The lowest BCUT2D eigenvalue weighted by Gasteiger charge is -2.11. The molecule has 18 heavy (non-hydrogen) atoms. The summed E-state index contributed by atoms with van der Waals surface area (Å²) in [5.74, 6) is 0.934. The lowest BCUT2D eigenvalue weighted by Crippen LogP contribution is -2.33. The highest BCUT2D eigenvalue weighted by atomic mass is 32.2. The average Bonchev–Trinajstić information content (AvgIpc) is 2.80. The molecule has 1 aromatic heterocycles. The molecule has 5 heteroatoms. The number of thioether (sulfide) groups is 1. The van der Waals surface area contributed by atoms with Gasteiger partial charge in [-0.3, -0.25) is 9.89 Å². The van der Waals surface area contributed by atoms with Crippen molar-refractivity contribution < 1.29 is 4.79 Å². The summed E-state index contributed by atoms with van der Waals surface area (Å²) in [4.78, 5) is 12.1. The van der Waals surface area contributed by atoms with E-state index in [4.69, 9.17) is 0 Å². The minimum absolute atomic E-state index is 0.110. The predicted octanol–water partition coefficient (Wildman–Crippen LogP) is 2.43. The van der Waals surface area contributed by atoms with Gasteiger partial charge in [0.05, 0.1) is 5.52 Å². The second-order valence-corrected chi connectivity index (χ2v) is 5.26. The third kappa shape index (κ3) is 2.85. The quantitative estimate of drug-likeness (QED) is 0.871. The largest absolute Gasteiger partial charge is 0.348 e. The Hall–Kier alpha value is -1.49. The van der Waals surface area contributed by atoms with Gasteiger partial charge in [-0.2, -0.15) is 16.9 Å². The molecule has 0 aliphatic carbocycles. The van der Waals surface area contributed by atoms with Gasteiger partial charge in [0.2, 0.25) is 0 Å². The molecule has 2 rings (SSSR count). The maximum atomic E-state index is 12.1. The van der Waals surface area contributed by atoms with Crippen molar-refractivity contribution in [3.63, 3.8) is 0 Å². The molecule has 0 saturated heterocycles. The number of carbonyl (C=O) groups excluding carboxylic acids is 1. The second kappa shape index (κ2) is 5.91. The standard InChI is InChI=1S/C13H17N3OS/c1-9(7-8-18-2)14-13(17)12-10-5-3-4-6-11(10)15-16-12/h3-6,9H,7-8H2,1-2H3,(H,14,17)(H,15,16). The van der Waals surface area contributed by atoms with Crippen molar-refractivity contribution in [3.8, 4) is 0 Å². The van der Waals surface area contributed by atoms with E-state index < -0.39 is 0 Å². The Balaban J connectivity index is 2.09. The van der Waals surface area contributed by atoms with Crippen LogP contribution < -0.4 is 5.32 Å². The van der Waals surface area contributed by atoms with Gasteiger partial charge < -0.3 is 5.32 Å². The number of amides is 1. The number of H-pyrrole nitrogens is 1. The summed E-state index contributed by atoms with van der Waals surface area (Å²) in [6.07, 6.45) is 3.03. The summed E-state index contributed by atoms with van der Waals surface area (Å²) >= 11 is 1.78. The van der Waals surface area contributed by atoms with E-state index in [1.807, 2.05) is 31.2 Å². The summed E-state index contributed by atoms with van der Waals surface area (Å²) in [6.45, 7) is 2.02. The molecular formula is C13H17N3OS. The highest BCUT2D eigenvalue weighted by Crippen LogP contribution is 2.15. The third-order valence-corrected chi connectivity index (χ3v) is 3.46. The Morgan fingerprint density at radius 1 is 1.50 bits per heavy atom. The first-order valence-electron chi connectivity index (χ1n) is 5.95. The van der Waals surface area contributed by atoms with E-state index in [2.05, 4.69) is 21.8 Å². The molecule has 0 bridgehead atoms. The molecule has 0 fully saturated rings. The average molecular weight is 263 g/mol. The number of benzene rings is 1. The topological polar surface area (TPSA) is 57.8 Å². The lowest BCUT2D eigenvalue weighted by molar-refractivity contribution is 0.0936. The maximum absolute atomic E-state index is 12.1. The highest BCUT2D eigenvalue weighted by molar-refractivity contribution is 7.98. The second-order valence-electron chi connectivity index (χ2n) is 4.27. The Labute approximate surface area is 111 Å². The van der Waals surface area contributed by atoms with Gasteiger partial charge in [-0.25, -0.2) is 0 Å². The number of aromatic nitrogens is 2. The molecule has 0 saturated carbocycles. The van der Waals surface area contributed by atoms with Crippen LogP contribution in [0.1, 0.15) is 23.8 Å². The summed E-state index contributed by atoms with van der Waals surface area (Å²) < 4.78 is 0. The summed E-state index contributed by atoms with van der Waals surface area (Å²) in [6, 6.07) is 7.81. The van der Waals surface area contributed by atoms with Crippen LogP contribution in [-0.4, -0.2) is 34.2 Å². The monoisotopic (exact) mass is 263 g/mol.